The molecule has 4 rings (SSSR count). The van der Waals surface area contributed by atoms with Crippen LogP contribution in [0.5, 0.6) is 0 Å². The molecule has 2 aliphatic rings. The van der Waals surface area contributed by atoms with E-state index in [0.717, 1.165) is 42.4 Å². The zero-order chi connectivity index (χ0) is 16.0. The van der Waals surface area contributed by atoms with Crippen molar-refractivity contribution in [3.63, 3.8) is 0 Å². The molecule has 1 aromatic carbocycles. The highest BCUT2D eigenvalue weighted by atomic mass is 19.1. The lowest BCUT2D eigenvalue weighted by Crippen LogP contribution is -2.41. The molecule has 0 aliphatic carbocycles. The Labute approximate surface area is 133 Å². The second-order valence-electron chi connectivity index (χ2n) is 6.37. The van der Waals surface area contributed by atoms with Crippen molar-refractivity contribution in [2.24, 2.45) is 0 Å². The molecule has 1 aromatic heterocycles. The smallest absolute Gasteiger partial charge is 0.323 e. The number of aromatic amines is 1. The molecular formula is C18H19FN2O2. The van der Waals surface area contributed by atoms with Crippen LogP contribution in [0, 0.1) is 5.82 Å². The minimum absolute atomic E-state index is 0.0152. The summed E-state index contributed by atoms with van der Waals surface area (Å²) in [6.45, 7) is 3.52. The predicted molar refractivity (Wildman–Crippen MR) is 86.4 cm³/mol. The second-order valence-corrected chi connectivity index (χ2v) is 6.37. The van der Waals surface area contributed by atoms with Crippen LogP contribution < -0.4 is 0 Å². The van der Waals surface area contributed by atoms with Crippen molar-refractivity contribution >= 4 is 22.4 Å². The molecule has 0 bridgehead atoms. The fraction of sp³-hybridized carbons (Fsp3) is 0.389. The first-order chi connectivity index (χ1) is 11.1. The van der Waals surface area contributed by atoms with E-state index in [2.05, 4.69) is 16.0 Å². The zero-order valence-electron chi connectivity index (χ0n) is 13.0. The van der Waals surface area contributed by atoms with Crippen molar-refractivity contribution in [2.45, 2.75) is 31.9 Å². The Bertz CT molecular complexity index is 795. The molecule has 0 radical (unpaired) electrons. The molecule has 1 saturated heterocycles. The summed E-state index contributed by atoms with van der Waals surface area (Å²) in [4.78, 5) is 17.2. The van der Waals surface area contributed by atoms with Gasteiger partial charge < -0.3 is 9.72 Å². The monoisotopic (exact) mass is 314 g/mol. The molecule has 120 valence electrons. The van der Waals surface area contributed by atoms with E-state index in [1.807, 2.05) is 19.2 Å². The molecule has 1 fully saturated rings. The van der Waals surface area contributed by atoms with E-state index in [0.29, 0.717) is 0 Å². The van der Waals surface area contributed by atoms with E-state index in [4.69, 9.17) is 4.74 Å². The molecule has 2 aliphatic heterocycles. The maximum atomic E-state index is 13.3. The van der Waals surface area contributed by atoms with Crippen LogP contribution in [0.15, 0.2) is 30.5 Å². The number of hydrogen-bond donors (Lipinski definition) is 1. The third-order valence-corrected chi connectivity index (χ3v) is 4.82. The Kier molecular flexibility index (Phi) is 3.45. The van der Waals surface area contributed by atoms with Crippen LogP contribution in [0.2, 0.25) is 0 Å². The highest BCUT2D eigenvalue weighted by Gasteiger charge is 2.36. The Morgan fingerprint density at radius 3 is 2.96 bits per heavy atom. The summed E-state index contributed by atoms with van der Waals surface area (Å²) in [5, 5.41) is 1.04. The Balaban J connectivity index is 1.56. The number of carbonyl (C=O) groups is 1. The summed E-state index contributed by atoms with van der Waals surface area (Å²) < 4.78 is 18.5. The number of carbonyl (C=O) groups excluding carboxylic acids is 1. The lowest BCUT2D eigenvalue weighted by Gasteiger charge is -2.29. The number of halogens is 1. The number of nitrogens with one attached hydrogen (secondary N) is 1. The van der Waals surface area contributed by atoms with Crippen LogP contribution in [-0.2, 0) is 9.53 Å². The fourth-order valence-corrected chi connectivity index (χ4v) is 3.61. The predicted octanol–water partition coefficient (Wildman–Crippen LogP) is 3.10. The van der Waals surface area contributed by atoms with Crippen molar-refractivity contribution in [1.29, 1.82) is 0 Å². The van der Waals surface area contributed by atoms with Gasteiger partial charge in [0.05, 0.1) is 0 Å². The van der Waals surface area contributed by atoms with Gasteiger partial charge in [-0.2, -0.15) is 0 Å². The molecule has 0 spiro atoms. The van der Waals surface area contributed by atoms with Gasteiger partial charge in [-0.3, -0.25) is 9.69 Å². The van der Waals surface area contributed by atoms with Gasteiger partial charge >= 0.3 is 5.97 Å². The maximum Gasteiger partial charge on any atom is 0.323 e. The summed E-state index contributed by atoms with van der Waals surface area (Å²) >= 11 is 0. The zero-order valence-corrected chi connectivity index (χ0v) is 13.0. The van der Waals surface area contributed by atoms with Gasteiger partial charge in [-0.25, -0.2) is 4.39 Å². The van der Waals surface area contributed by atoms with Gasteiger partial charge in [0, 0.05) is 42.2 Å². The van der Waals surface area contributed by atoms with E-state index in [9.17, 15) is 9.18 Å². The largest absolute Gasteiger partial charge is 0.461 e. The average molecular weight is 314 g/mol. The molecule has 5 heteroatoms. The van der Waals surface area contributed by atoms with Crippen LogP contribution >= 0.6 is 0 Å². The van der Waals surface area contributed by atoms with Gasteiger partial charge in [-0.1, -0.05) is 6.08 Å². The maximum absolute atomic E-state index is 13.3. The fourth-order valence-electron chi connectivity index (χ4n) is 3.61. The third kappa shape index (κ3) is 2.55. The first-order valence-electron chi connectivity index (χ1n) is 8.02. The van der Waals surface area contributed by atoms with Crippen molar-refractivity contribution in [1.82, 2.24) is 9.88 Å². The van der Waals surface area contributed by atoms with Crippen LogP contribution in [0.4, 0.5) is 4.39 Å². The molecule has 0 saturated carbocycles. The molecule has 3 heterocycles. The second kappa shape index (κ2) is 5.49. The average Bonchev–Trinajstić information content (AvgIpc) is 3.10. The molecule has 0 amide bonds. The topological polar surface area (TPSA) is 45.3 Å². The van der Waals surface area contributed by atoms with Crippen LogP contribution in [0.3, 0.4) is 0 Å². The Morgan fingerprint density at radius 1 is 1.39 bits per heavy atom. The SMILES string of the molecule is C[C@H]1C[C@@H](N2CC=C(c3c[nH]c4cc(F)ccc34)CC2)C(=O)O1. The quantitative estimate of drug-likeness (QED) is 0.866. The lowest BCUT2D eigenvalue weighted by atomic mass is 9.97. The van der Waals surface area contributed by atoms with E-state index >= 15 is 0 Å². The number of hydrogen-bond acceptors (Lipinski definition) is 3. The van der Waals surface area contributed by atoms with Crippen molar-refractivity contribution in [2.75, 3.05) is 13.1 Å². The number of aromatic nitrogens is 1. The molecule has 23 heavy (non-hydrogen) atoms. The van der Waals surface area contributed by atoms with E-state index in [1.165, 1.54) is 17.7 Å². The van der Waals surface area contributed by atoms with E-state index in [-0.39, 0.29) is 23.9 Å². The Morgan fingerprint density at radius 2 is 2.26 bits per heavy atom. The highest BCUT2D eigenvalue weighted by Crippen LogP contribution is 2.31. The van der Waals surface area contributed by atoms with Gasteiger partial charge in [0.1, 0.15) is 18.0 Å². The number of nitrogens with zero attached hydrogens (tertiary/aromatic N) is 1. The highest BCUT2D eigenvalue weighted by molar-refractivity contribution is 5.92. The summed E-state index contributed by atoms with van der Waals surface area (Å²) in [6.07, 6.45) is 5.78. The minimum atomic E-state index is -0.233. The summed E-state index contributed by atoms with van der Waals surface area (Å²) in [5.41, 5.74) is 3.19. The van der Waals surface area contributed by atoms with Gasteiger partial charge in [-0.05, 0) is 37.1 Å². The van der Waals surface area contributed by atoms with E-state index in [1.54, 1.807) is 0 Å². The first-order valence-corrected chi connectivity index (χ1v) is 8.02. The standard InChI is InChI=1S/C18H19FN2O2/c1-11-8-17(18(22)23-11)21-6-4-12(5-7-21)15-10-20-16-9-13(19)2-3-14(15)16/h2-4,9-11,17,20H,5-8H2,1H3/t11-,17+/m0/s1. The molecule has 2 atom stereocenters. The lowest BCUT2D eigenvalue weighted by molar-refractivity contribution is -0.144. The normalized spacial score (nSPS) is 25.7. The number of ether oxygens (including phenoxy) is 1. The van der Waals surface area contributed by atoms with Crippen LogP contribution in [-0.4, -0.2) is 41.1 Å². The van der Waals surface area contributed by atoms with Crippen LogP contribution in [0.1, 0.15) is 25.3 Å². The van der Waals surface area contributed by atoms with Crippen LogP contribution in [0.25, 0.3) is 16.5 Å². The number of benzene rings is 1. The van der Waals surface area contributed by atoms with Crippen molar-refractivity contribution in [3.8, 4) is 0 Å². The number of cyclic esters (lactones) is 1. The van der Waals surface area contributed by atoms with E-state index < -0.39 is 0 Å². The van der Waals surface area contributed by atoms with Crippen molar-refractivity contribution in [3.05, 3.63) is 41.9 Å². The Hall–Kier alpha value is -2.14. The number of fused-ring (bicyclic) bond motifs is 1. The molecule has 1 N–H and O–H groups in total. The van der Waals surface area contributed by atoms with Gasteiger partial charge in [0.2, 0.25) is 0 Å². The molecule has 4 nitrogen and oxygen atoms in total. The molecule has 2 aromatic rings. The summed E-state index contributed by atoms with van der Waals surface area (Å²) in [6, 6.07) is 4.72. The summed E-state index contributed by atoms with van der Waals surface area (Å²) in [5.74, 6) is -0.333. The first kappa shape index (κ1) is 14.5. The number of H-pyrrole nitrogens is 1. The van der Waals surface area contributed by atoms with Gasteiger partial charge in [0.15, 0.2) is 0 Å². The third-order valence-electron chi connectivity index (χ3n) is 4.82. The van der Waals surface area contributed by atoms with Crippen molar-refractivity contribution < 1.29 is 13.9 Å². The number of esters is 1. The minimum Gasteiger partial charge on any atom is -0.461 e. The molecular weight excluding hydrogens is 295 g/mol. The van der Waals surface area contributed by atoms with Gasteiger partial charge in [0.25, 0.3) is 0 Å². The number of rotatable bonds is 2. The van der Waals surface area contributed by atoms with Gasteiger partial charge in [-0.15, -0.1) is 0 Å². The molecule has 0 unspecified atom stereocenters. The summed E-state index contributed by atoms with van der Waals surface area (Å²) in [7, 11) is 0.